The third-order valence-electron chi connectivity index (χ3n) is 3.44. The van der Waals surface area contributed by atoms with Crippen molar-refractivity contribution < 1.29 is 0 Å². The maximum Gasteiger partial charge on any atom is 0.111 e. The van der Waals surface area contributed by atoms with Crippen LogP contribution in [0.2, 0.25) is 0 Å². The van der Waals surface area contributed by atoms with Gasteiger partial charge in [-0.3, -0.25) is 0 Å². The maximum atomic E-state index is 6.16. The zero-order valence-electron chi connectivity index (χ0n) is 11.4. The Bertz CT molecular complexity index is 586. The van der Waals surface area contributed by atoms with Crippen LogP contribution in [0.1, 0.15) is 44.1 Å². The van der Waals surface area contributed by atoms with E-state index in [4.69, 9.17) is 10.7 Å². The van der Waals surface area contributed by atoms with E-state index in [1.54, 1.807) is 0 Å². The Morgan fingerprint density at radius 1 is 1.39 bits per heavy atom. The predicted molar refractivity (Wildman–Crippen MR) is 74.7 cm³/mol. The molecule has 3 heteroatoms. The Kier molecular flexibility index (Phi) is 2.49. The number of benzene rings is 1. The first kappa shape index (κ1) is 11.7. The summed E-state index contributed by atoms with van der Waals surface area (Å²) in [4.78, 5) is 4.80. The minimum atomic E-state index is -0.205. The number of nitrogens with zero attached hydrogens (tertiary/aromatic N) is 2. The Morgan fingerprint density at radius 2 is 2.11 bits per heavy atom. The third-order valence-corrected chi connectivity index (χ3v) is 3.44. The predicted octanol–water partition coefficient (Wildman–Crippen LogP) is 2.96. The highest BCUT2D eigenvalue weighted by Crippen LogP contribution is 2.39. The summed E-state index contributed by atoms with van der Waals surface area (Å²) in [6, 6.07) is 7.18. The summed E-state index contributed by atoms with van der Waals surface area (Å²) >= 11 is 0. The average molecular weight is 243 g/mol. The van der Waals surface area contributed by atoms with Crippen LogP contribution in [0, 0.1) is 6.92 Å². The smallest absolute Gasteiger partial charge is 0.111 e. The number of fused-ring (bicyclic) bond motifs is 1. The molecule has 1 aromatic carbocycles. The minimum Gasteiger partial charge on any atom is -0.325 e. The molecular weight excluding hydrogens is 222 g/mol. The Hall–Kier alpha value is -1.35. The molecule has 0 unspecified atom stereocenters. The molecule has 96 valence electrons. The summed E-state index contributed by atoms with van der Waals surface area (Å²) in [6.07, 6.45) is 3.38. The number of nitrogens with two attached hydrogens (primary N) is 1. The van der Waals surface area contributed by atoms with Crippen molar-refractivity contribution in [2.45, 2.75) is 51.6 Å². The fourth-order valence-electron chi connectivity index (χ4n) is 2.53. The van der Waals surface area contributed by atoms with Gasteiger partial charge in [0.1, 0.15) is 5.82 Å². The van der Waals surface area contributed by atoms with E-state index in [0.29, 0.717) is 6.04 Å². The van der Waals surface area contributed by atoms with E-state index in [1.807, 2.05) is 0 Å². The van der Waals surface area contributed by atoms with Crippen molar-refractivity contribution in [3.05, 3.63) is 29.6 Å². The van der Waals surface area contributed by atoms with Crippen molar-refractivity contribution >= 4 is 11.0 Å². The van der Waals surface area contributed by atoms with Crippen LogP contribution in [0.4, 0.5) is 0 Å². The lowest BCUT2D eigenvalue weighted by Gasteiger charge is -2.18. The molecule has 0 aliphatic heterocycles. The molecule has 3 nitrogen and oxygen atoms in total. The van der Waals surface area contributed by atoms with Gasteiger partial charge >= 0.3 is 0 Å². The van der Waals surface area contributed by atoms with Crippen LogP contribution in [0.25, 0.3) is 11.0 Å². The topological polar surface area (TPSA) is 43.8 Å². The number of imidazole rings is 1. The van der Waals surface area contributed by atoms with Crippen LogP contribution in [-0.4, -0.2) is 15.1 Å². The summed E-state index contributed by atoms with van der Waals surface area (Å²) in [7, 11) is 0. The van der Waals surface area contributed by atoms with Crippen LogP contribution in [-0.2, 0) is 6.42 Å². The molecule has 0 spiro atoms. The molecule has 0 amide bonds. The van der Waals surface area contributed by atoms with E-state index >= 15 is 0 Å². The first-order valence-corrected chi connectivity index (χ1v) is 6.70. The van der Waals surface area contributed by atoms with Gasteiger partial charge in [0.2, 0.25) is 0 Å². The second kappa shape index (κ2) is 3.82. The van der Waals surface area contributed by atoms with Crippen molar-refractivity contribution in [2.75, 3.05) is 0 Å². The van der Waals surface area contributed by atoms with Gasteiger partial charge in [0.15, 0.2) is 0 Å². The van der Waals surface area contributed by atoms with Gasteiger partial charge in [0.05, 0.1) is 11.0 Å². The summed E-state index contributed by atoms with van der Waals surface area (Å²) in [5, 5.41) is 0. The van der Waals surface area contributed by atoms with E-state index in [1.165, 1.54) is 23.9 Å². The highest BCUT2D eigenvalue weighted by atomic mass is 15.1. The molecule has 2 N–H and O–H groups in total. The molecule has 18 heavy (non-hydrogen) atoms. The Balaban J connectivity index is 2.14. The average Bonchev–Trinajstić information content (AvgIpc) is 2.99. The molecule has 3 rings (SSSR count). The van der Waals surface area contributed by atoms with Gasteiger partial charge in [0, 0.05) is 18.0 Å². The van der Waals surface area contributed by atoms with Crippen molar-refractivity contribution in [2.24, 2.45) is 5.73 Å². The first-order chi connectivity index (χ1) is 8.44. The zero-order chi connectivity index (χ0) is 12.9. The molecule has 0 radical (unpaired) electrons. The summed E-state index contributed by atoms with van der Waals surface area (Å²) in [6.45, 7) is 6.24. The van der Waals surface area contributed by atoms with Crippen LogP contribution in [0.5, 0.6) is 0 Å². The number of hydrogen-bond acceptors (Lipinski definition) is 2. The molecular formula is C15H21N3. The lowest BCUT2D eigenvalue weighted by Crippen LogP contribution is -2.35. The number of hydrogen-bond donors (Lipinski definition) is 1. The van der Waals surface area contributed by atoms with Crippen molar-refractivity contribution in [3.8, 4) is 0 Å². The molecule has 2 aromatic rings. The molecule has 0 bridgehead atoms. The van der Waals surface area contributed by atoms with Gasteiger partial charge in [-0.1, -0.05) is 6.07 Å². The van der Waals surface area contributed by atoms with Crippen molar-refractivity contribution in [3.63, 3.8) is 0 Å². The Morgan fingerprint density at radius 3 is 2.72 bits per heavy atom. The molecule has 1 aliphatic rings. The van der Waals surface area contributed by atoms with Gasteiger partial charge < -0.3 is 10.3 Å². The van der Waals surface area contributed by atoms with Crippen molar-refractivity contribution in [1.82, 2.24) is 9.55 Å². The number of rotatable bonds is 3. The SMILES string of the molecule is Cc1ccc2c(c1)nc(CC(C)(C)N)n2C1CC1. The molecule has 1 aliphatic carbocycles. The Labute approximate surface area is 108 Å². The fourth-order valence-corrected chi connectivity index (χ4v) is 2.53. The zero-order valence-corrected chi connectivity index (χ0v) is 11.4. The first-order valence-electron chi connectivity index (χ1n) is 6.70. The third kappa shape index (κ3) is 2.15. The second-order valence-electron chi connectivity index (χ2n) is 6.29. The molecule has 1 aromatic heterocycles. The van der Waals surface area contributed by atoms with Crippen molar-refractivity contribution in [1.29, 1.82) is 0 Å². The van der Waals surface area contributed by atoms with E-state index in [9.17, 15) is 0 Å². The number of aryl methyl sites for hydroxylation is 1. The van der Waals surface area contributed by atoms with Gasteiger partial charge in [0.25, 0.3) is 0 Å². The van der Waals surface area contributed by atoms with Gasteiger partial charge in [-0.05, 0) is 51.3 Å². The maximum absolute atomic E-state index is 6.16. The minimum absolute atomic E-state index is 0.205. The van der Waals surface area contributed by atoms with E-state index in [2.05, 4.69) is 43.5 Å². The molecule has 1 fully saturated rings. The molecule has 1 saturated carbocycles. The standard InChI is InChI=1S/C15H21N3/c1-10-4-7-13-12(8-10)17-14(9-15(2,3)16)18(13)11-5-6-11/h4,7-8,11H,5-6,9,16H2,1-3H3. The molecule has 0 saturated heterocycles. The van der Waals surface area contributed by atoms with Crippen LogP contribution < -0.4 is 5.73 Å². The molecule has 0 atom stereocenters. The van der Waals surface area contributed by atoms with Gasteiger partial charge in [-0.15, -0.1) is 0 Å². The highest BCUT2D eigenvalue weighted by Gasteiger charge is 2.29. The van der Waals surface area contributed by atoms with Gasteiger partial charge in [-0.25, -0.2) is 4.98 Å². The highest BCUT2D eigenvalue weighted by molar-refractivity contribution is 5.77. The van der Waals surface area contributed by atoms with Crippen LogP contribution in [0.15, 0.2) is 18.2 Å². The largest absolute Gasteiger partial charge is 0.325 e. The van der Waals surface area contributed by atoms with Crippen LogP contribution >= 0.6 is 0 Å². The lowest BCUT2D eigenvalue weighted by molar-refractivity contribution is 0.488. The summed E-state index contributed by atoms with van der Waals surface area (Å²) in [5.74, 6) is 1.14. The quantitative estimate of drug-likeness (QED) is 0.900. The van der Waals surface area contributed by atoms with Gasteiger partial charge in [-0.2, -0.15) is 0 Å². The summed E-state index contributed by atoms with van der Waals surface area (Å²) in [5.41, 5.74) is 9.59. The summed E-state index contributed by atoms with van der Waals surface area (Å²) < 4.78 is 2.41. The fraction of sp³-hybridized carbons (Fsp3) is 0.533. The van der Waals surface area contributed by atoms with E-state index in [0.717, 1.165) is 17.8 Å². The second-order valence-corrected chi connectivity index (χ2v) is 6.29. The van der Waals surface area contributed by atoms with Crippen LogP contribution in [0.3, 0.4) is 0 Å². The van der Waals surface area contributed by atoms with E-state index < -0.39 is 0 Å². The monoisotopic (exact) mass is 243 g/mol. The van der Waals surface area contributed by atoms with E-state index in [-0.39, 0.29) is 5.54 Å². The normalized spacial score (nSPS) is 16.4. The lowest BCUT2D eigenvalue weighted by atomic mass is 10.0. The molecule has 1 heterocycles. The number of aromatic nitrogens is 2.